The molecule has 1 fully saturated rings. The van der Waals surface area contributed by atoms with Gasteiger partial charge in [0.05, 0.1) is 17.6 Å². The van der Waals surface area contributed by atoms with E-state index in [2.05, 4.69) is 11.0 Å². The highest BCUT2D eigenvalue weighted by Gasteiger charge is 2.30. The van der Waals surface area contributed by atoms with Gasteiger partial charge in [0.15, 0.2) is 0 Å². The maximum atomic E-state index is 10.2. The molecule has 0 spiro atoms. The van der Waals surface area contributed by atoms with Gasteiger partial charge in [-0.15, -0.1) is 0 Å². The van der Waals surface area contributed by atoms with Gasteiger partial charge in [-0.1, -0.05) is 13.8 Å². The van der Waals surface area contributed by atoms with Gasteiger partial charge in [-0.05, 0) is 32.2 Å². The largest absolute Gasteiger partial charge is 0.389 e. The molecule has 0 amide bonds. The molecule has 0 aromatic heterocycles. The topological polar surface area (TPSA) is 47.3 Å². The third kappa shape index (κ3) is 3.48. The minimum Gasteiger partial charge on any atom is -0.389 e. The normalized spacial score (nSPS) is 27.3. The van der Waals surface area contributed by atoms with Crippen molar-refractivity contribution < 1.29 is 5.11 Å². The third-order valence-corrected chi connectivity index (χ3v) is 3.48. The van der Waals surface area contributed by atoms with E-state index in [0.717, 1.165) is 25.9 Å². The van der Waals surface area contributed by atoms with Crippen molar-refractivity contribution >= 4 is 0 Å². The van der Waals surface area contributed by atoms with Crippen molar-refractivity contribution in [1.29, 1.82) is 5.26 Å². The number of piperidine rings is 1. The first-order valence-electron chi connectivity index (χ1n) is 5.80. The van der Waals surface area contributed by atoms with Crippen LogP contribution in [0.2, 0.25) is 0 Å². The first kappa shape index (κ1) is 12.5. The fourth-order valence-corrected chi connectivity index (χ4v) is 1.94. The highest BCUT2D eigenvalue weighted by Crippen LogP contribution is 2.22. The molecule has 0 radical (unpaired) electrons. The average Bonchev–Trinajstić information content (AvgIpc) is 2.17. The Morgan fingerprint density at radius 2 is 2.27 bits per heavy atom. The fourth-order valence-electron chi connectivity index (χ4n) is 1.94. The summed E-state index contributed by atoms with van der Waals surface area (Å²) in [6, 6.07) is 2.33. The summed E-state index contributed by atoms with van der Waals surface area (Å²) in [7, 11) is 0. The summed E-state index contributed by atoms with van der Waals surface area (Å²) >= 11 is 0. The van der Waals surface area contributed by atoms with Crippen molar-refractivity contribution in [2.45, 2.75) is 39.2 Å². The van der Waals surface area contributed by atoms with Gasteiger partial charge < -0.3 is 5.11 Å². The van der Waals surface area contributed by atoms with Crippen LogP contribution in [-0.2, 0) is 0 Å². The van der Waals surface area contributed by atoms with Crippen molar-refractivity contribution in [1.82, 2.24) is 4.90 Å². The number of rotatable bonds is 3. The Morgan fingerprint density at radius 3 is 2.80 bits per heavy atom. The quantitative estimate of drug-likeness (QED) is 0.770. The molecule has 3 nitrogen and oxygen atoms in total. The van der Waals surface area contributed by atoms with Crippen molar-refractivity contribution in [3.8, 4) is 6.07 Å². The van der Waals surface area contributed by atoms with E-state index in [1.54, 1.807) is 0 Å². The van der Waals surface area contributed by atoms with Gasteiger partial charge in [-0.25, -0.2) is 0 Å². The van der Waals surface area contributed by atoms with Gasteiger partial charge in [0.2, 0.25) is 0 Å². The second-order valence-electron chi connectivity index (χ2n) is 5.22. The highest BCUT2D eigenvalue weighted by atomic mass is 16.3. The molecule has 0 bridgehead atoms. The number of aliphatic hydroxyl groups is 1. The van der Waals surface area contributed by atoms with Gasteiger partial charge in [0, 0.05) is 13.1 Å². The van der Waals surface area contributed by atoms with Crippen molar-refractivity contribution in [3.63, 3.8) is 0 Å². The molecular weight excluding hydrogens is 188 g/mol. The monoisotopic (exact) mass is 210 g/mol. The Kier molecular flexibility index (Phi) is 4.12. The molecule has 1 rings (SSSR count). The van der Waals surface area contributed by atoms with Crippen LogP contribution < -0.4 is 0 Å². The summed E-state index contributed by atoms with van der Waals surface area (Å²) in [5, 5.41) is 19.1. The summed E-state index contributed by atoms with van der Waals surface area (Å²) in [5.74, 6) is 0.404. The van der Waals surface area contributed by atoms with E-state index < -0.39 is 5.60 Å². The van der Waals surface area contributed by atoms with Crippen LogP contribution in [0.4, 0.5) is 0 Å². The average molecular weight is 210 g/mol. The molecule has 1 saturated heterocycles. The number of nitrogens with zero attached hydrogens (tertiary/aromatic N) is 2. The summed E-state index contributed by atoms with van der Waals surface area (Å²) in [4.78, 5) is 2.22. The van der Waals surface area contributed by atoms with Gasteiger partial charge in [-0.3, -0.25) is 4.90 Å². The summed E-state index contributed by atoms with van der Waals surface area (Å²) in [6.07, 6.45) is 2.09. The van der Waals surface area contributed by atoms with Crippen LogP contribution in [0.1, 0.15) is 33.6 Å². The number of hydrogen-bond acceptors (Lipinski definition) is 3. The zero-order valence-electron chi connectivity index (χ0n) is 10.0. The minimum atomic E-state index is -0.642. The number of nitriles is 1. The molecular formula is C12H22N2O. The van der Waals surface area contributed by atoms with E-state index >= 15 is 0 Å². The molecule has 0 aromatic carbocycles. The molecule has 1 aliphatic rings. The molecule has 0 aromatic rings. The van der Waals surface area contributed by atoms with Crippen LogP contribution in [0, 0.1) is 23.2 Å². The molecule has 86 valence electrons. The maximum Gasteiger partial charge on any atom is 0.0768 e. The summed E-state index contributed by atoms with van der Waals surface area (Å²) in [6.45, 7) is 8.47. The fraction of sp³-hybridized carbons (Fsp3) is 0.917. The van der Waals surface area contributed by atoms with Crippen LogP contribution in [-0.4, -0.2) is 35.2 Å². The molecule has 0 saturated carbocycles. The Balaban J connectivity index is 2.48. The summed E-state index contributed by atoms with van der Waals surface area (Å²) < 4.78 is 0. The molecule has 1 heterocycles. The van der Waals surface area contributed by atoms with E-state index in [4.69, 9.17) is 5.26 Å². The summed E-state index contributed by atoms with van der Waals surface area (Å²) in [5.41, 5.74) is -0.642. The van der Waals surface area contributed by atoms with E-state index in [9.17, 15) is 5.11 Å². The lowest BCUT2D eigenvalue weighted by molar-refractivity contribution is -0.0253. The smallest absolute Gasteiger partial charge is 0.0768 e. The first-order chi connectivity index (χ1) is 6.95. The lowest BCUT2D eigenvalue weighted by Crippen LogP contribution is -2.47. The number of hydrogen-bond donors (Lipinski definition) is 1. The molecule has 1 aliphatic heterocycles. The van der Waals surface area contributed by atoms with Crippen LogP contribution in [0.15, 0.2) is 0 Å². The molecule has 2 atom stereocenters. The maximum absolute atomic E-state index is 10.2. The Morgan fingerprint density at radius 1 is 1.60 bits per heavy atom. The van der Waals surface area contributed by atoms with Gasteiger partial charge >= 0.3 is 0 Å². The van der Waals surface area contributed by atoms with Gasteiger partial charge in [0.1, 0.15) is 0 Å². The Hall–Kier alpha value is -0.590. The standard InChI is InChI=1S/C12H22N2O/c1-10(2)12(3,15)9-14-6-4-5-11(7-13)8-14/h10-11,15H,4-6,8-9H2,1-3H3. The molecule has 2 unspecified atom stereocenters. The zero-order valence-corrected chi connectivity index (χ0v) is 10.0. The van der Waals surface area contributed by atoms with Crippen LogP contribution in [0.3, 0.4) is 0 Å². The second kappa shape index (κ2) is 4.96. The van der Waals surface area contributed by atoms with Gasteiger partial charge in [0.25, 0.3) is 0 Å². The first-order valence-corrected chi connectivity index (χ1v) is 5.80. The lowest BCUT2D eigenvalue weighted by atomic mass is 9.90. The predicted octanol–water partition coefficient (Wildman–Crippen LogP) is 1.63. The van der Waals surface area contributed by atoms with E-state index in [1.165, 1.54) is 0 Å². The van der Waals surface area contributed by atoms with E-state index in [0.29, 0.717) is 6.54 Å². The second-order valence-corrected chi connectivity index (χ2v) is 5.22. The van der Waals surface area contributed by atoms with E-state index in [1.807, 2.05) is 20.8 Å². The van der Waals surface area contributed by atoms with Crippen molar-refractivity contribution in [2.75, 3.05) is 19.6 Å². The highest BCUT2D eigenvalue weighted by molar-refractivity contribution is 4.90. The van der Waals surface area contributed by atoms with Crippen molar-refractivity contribution in [3.05, 3.63) is 0 Å². The molecule has 3 heteroatoms. The molecule has 15 heavy (non-hydrogen) atoms. The van der Waals surface area contributed by atoms with Crippen LogP contribution in [0.25, 0.3) is 0 Å². The third-order valence-electron chi connectivity index (χ3n) is 3.48. The SMILES string of the molecule is CC(C)C(C)(O)CN1CCCC(C#N)C1. The Labute approximate surface area is 92.7 Å². The number of likely N-dealkylation sites (tertiary alicyclic amines) is 1. The van der Waals surface area contributed by atoms with Gasteiger partial charge in [-0.2, -0.15) is 5.26 Å². The molecule has 1 N–H and O–H groups in total. The van der Waals surface area contributed by atoms with Crippen LogP contribution in [0.5, 0.6) is 0 Å². The van der Waals surface area contributed by atoms with Crippen LogP contribution >= 0.6 is 0 Å². The lowest BCUT2D eigenvalue weighted by Gasteiger charge is -2.37. The zero-order chi connectivity index (χ0) is 11.5. The Bertz CT molecular complexity index is 242. The predicted molar refractivity (Wildman–Crippen MR) is 60.2 cm³/mol. The minimum absolute atomic E-state index is 0.154. The van der Waals surface area contributed by atoms with E-state index in [-0.39, 0.29) is 11.8 Å². The number of β-amino-alcohol motifs (C(OH)–C–C–N with tert-alkyl or cyclic N) is 1. The van der Waals surface area contributed by atoms with Crippen molar-refractivity contribution in [2.24, 2.45) is 11.8 Å². The molecule has 0 aliphatic carbocycles.